The molecule has 2 saturated carbocycles. The smallest absolute Gasteiger partial charge is 0.340 e. The van der Waals surface area contributed by atoms with Crippen LogP contribution in [0.5, 0.6) is 0 Å². The zero-order chi connectivity index (χ0) is 19.5. The highest BCUT2D eigenvalue weighted by Gasteiger charge is 2.42. The predicted octanol–water partition coefficient (Wildman–Crippen LogP) is 5.61. The number of hydrogen-bond donors (Lipinski definition) is 1. The lowest BCUT2D eigenvalue weighted by Gasteiger charge is -2.12. The minimum atomic E-state index is -0.637. The summed E-state index contributed by atoms with van der Waals surface area (Å²) >= 11 is 0. The molecule has 0 bridgehead atoms. The molecule has 1 aromatic heterocycles. The predicted molar refractivity (Wildman–Crippen MR) is 107 cm³/mol. The molecule has 0 atom stereocenters. The first kappa shape index (κ1) is 17.5. The van der Waals surface area contributed by atoms with Gasteiger partial charge >= 0.3 is 5.97 Å². The number of methoxy groups -OCH3 is 1. The lowest BCUT2D eigenvalue weighted by Crippen LogP contribution is -2.07. The molecule has 4 heteroatoms. The number of H-pyrrole nitrogens is 1. The van der Waals surface area contributed by atoms with Gasteiger partial charge in [-0.1, -0.05) is 25.1 Å². The number of rotatable bonds is 5. The summed E-state index contributed by atoms with van der Waals surface area (Å²) in [4.78, 5) is 15.6. The SMILES string of the molecule is COC(=O)c1cc(Cc2c(C3(C)CC3)[nH]c3cc(C4CC4)ccc23)ccc1F. The third-order valence-electron chi connectivity index (χ3n) is 6.40. The number of fused-ring (bicyclic) bond motifs is 1. The first-order chi connectivity index (χ1) is 13.5. The average molecular weight is 377 g/mol. The van der Waals surface area contributed by atoms with Gasteiger partial charge in [-0.2, -0.15) is 0 Å². The molecule has 0 unspecified atom stereocenters. The largest absolute Gasteiger partial charge is 0.465 e. The van der Waals surface area contributed by atoms with Crippen molar-refractivity contribution in [2.45, 2.75) is 50.4 Å². The number of nitrogens with one attached hydrogen (secondary N) is 1. The fourth-order valence-corrected chi connectivity index (χ4v) is 4.23. The van der Waals surface area contributed by atoms with Crippen molar-refractivity contribution in [2.24, 2.45) is 0 Å². The molecule has 0 saturated heterocycles. The van der Waals surface area contributed by atoms with Crippen LogP contribution in [0.15, 0.2) is 36.4 Å². The Kier molecular flexibility index (Phi) is 3.87. The van der Waals surface area contributed by atoms with E-state index >= 15 is 0 Å². The topological polar surface area (TPSA) is 42.1 Å². The fourth-order valence-electron chi connectivity index (χ4n) is 4.23. The van der Waals surface area contributed by atoms with Crippen LogP contribution < -0.4 is 0 Å². The fraction of sp³-hybridized carbons (Fsp3) is 0.375. The standard InChI is InChI=1S/C24H24FNO2/c1-24(9-10-24)22-18(11-14-3-8-20(25)19(12-14)23(27)28-2)17-7-6-16(15-4-5-15)13-21(17)26-22/h3,6-8,12-13,15,26H,4-5,9-11H2,1-2H3. The Morgan fingerprint density at radius 1 is 1.21 bits per heavy atom. The van der Waals surface area contributed by atoms with Crippen LogP contribution in [0.3, 0.4) is 0 Å². The number of carbonyl (C=O) groups excluding carboxylic acids is 1. The number of halogens is 1. The second-order valence-electron chi connectivity index (χ2n) is 8.60. The first-order valence-electron chi connectivity index (χ1n) is 10.0. The van der Waals surface area contributed by atoms with Gasteiger partial charge in [0.25, 0.3) is 0 Å². The van der Waals surface area contributed by atoms with Crippen molar-refractivity contribution in [1.29, 1.82) is 0 Å². The van der Waals surface area contributed by atoms with Gasteiger partial charge in [0.05, 0.1) is 12.7 Å². The molecule has 2 aliphatic carbocycles. The maximum absolute atomic E-state index is 14.0. The Hall–Kier alpha value is -2.62. The highest BCUT2D eigenvalue weighted by atomic mass is 19.1. The molecule has 2 aliphatic rings. The van der Waals surface area contributed by atoms with Crippen LogP contribution >= 0.6 is 0 Å². The third-order valence-corrected chi connectivity index (χ3v) is 6.40. The van der Waals surface area contributed by atoms with Crippen LogP contribution in [-0.2, 0) is 16.6 Å². The molecule has 0 aliphatic heterocycles. The average Bonchev–Trinajstić information content (AvgIpc) is 3.63. The zero-order valence-electron chi connectivity index (χ0n) is 16.3. The lowest BCUT2D eigenvalue weighted by atomic mass is 9.93. The van der Waals surface area contributed by atoms with Crippen LogP contribution in [0.1, 0.15) is 71.3 Å². The zero-order valence-corrected chi connectivity index (χ0v) is 16.3. The van der Waals surface area contributed by atoms with Crippen molar-refractivity contribution in [3.05, 3.63) is 70.2 Å². The monoisotopic (exact) mass is 377 g/mol. The molecule has 0 radical (unpaired) electrons. The number of carbonyl (C=O) groups is 1. The summed E-state index contributed by atoms with van der Waals surface area (Å²) in [6, 6.07) is 11.5. The van der Waals surface area contributed by atoms with E-state index in [2.05, 4.69) is 30.1 Å². The Bertz CT molecular complexity index is 1090. The van der Waals surface area contributed by atoms with Gasteiger partial charge in [-0.3, -0.25) is 0 Å². The third kappa shape index (κ3) is 2.92. The van der Waals surface area contributed by atoms with Crippen LogP contribution in [0, 0.1) is 5.82 Å². The van der Waals surface area contributed by atoms with Crippen LogP contribution in [-0.4, -0.2) is 18.1 Å². The molecule has 3 aromatic rings. The van der Waals surface area contributed by atoms with Crippen molar-refractivity contribution in [1.82, 2.24) is 4.98 Å². The normalized spacial score (nSPS) is 17.7. The summed E-state index contributed by atoms with van der Waals surface area (Å²) < 4.78 is 18.8. The van der Waals surface area contributed by atoms with Gasteiger partial charge in [0, 0.05) is 22.0 Å². The number of aromatic amines is 1. The van der Waals surface area contributed by atoms with Crippen molar-refractivity contribution >= 4 is 16.9 Å². The lowest BCUT2D eigenvalue weighted by molar-refractivity contribution is 0.0595. The van der Waals surface area contributed by atoms with Crippen LogP contribution in [0.25, 0.3) is 10.9 Å². The van der Waals surface area contributed by atoms with E-state index in [-0.39, 0.29) is 11.0 Å². The number of benzene rings is 2. The second kappa shape index (κ2) is 6.20. The van der Waals surface area contributed by atoms with E-state index in [0.717, 1.165) is 11.5 Å². The quantitative estimate of drug-likeness (QED) is 0.587. The Morgan fingerprint density at radius 2 is 2.00 bits per heavy atom. The van der Waals surface area contributed by atoms with E-state index in [1.54, 1.807) is 12.1 Å². The van der Waals surface area contributed by atoms with Gasteiger partial charge in [0.2, 0.25) is 0 Å². The van der Waals surface area contributed by atoms with Gasteiger partial charge in [0.15, 0.2) is 0 Å². The van der Waals surface area contributed by atoms with Gasteiger partial charge in [0.1, 0.15) is 5.82 Å². The van der Waals surface area contributed by atoms with E-state index in [1.165, 1.54) is 66.6 Å². The summed E-state index contributed by atoms with van der Waals surface area (Å²) in [5.74, 6) is -0.462. The molecule has 1 heterocycles. The highest BCUT2D eigenvalue weighted by molar-refractivity contribution is 5.90. The Morgan fingerprint density at radius 3 is 2.68 bits per heavy atom. The summed E-state index contributed by atoms with van der Waals surface area (Å²) in [6.45, 7) is 2.30. The van der Waals surface area contributed by atoms with E-state index in [0.29, 0.717) is 6.42 Å². The molecular formula is C24H24FNO2. The molecule has 0 spiro atoms. The molecule has 28 heavy (non-hydrogen) atoms. The summed E-state index contributed by atoms with van der Waals surface area (Å²) in [6.07, 6.45) is 5.60. The Balaban J connectivity index is 1.59. The molecule has 2 aromatic carbocycles. The maximum atomic E-state index is 14.0. The van der Waals surface area contributed by atoms with Crippen molar-refractivity contribution in [3.63, 3.8) is 0 Å². The van der Waals surface area contributed by atoms with E-state index in [1.807, 2.05) is 0 Å². The van der Waals surface area contributed by atoms with E-state index < -0.39 is 11.8 Å². The van der Waals surface area contributed by atoms with Gasteiger partial charge in [-0.05, 0) is 72.9 Å². The molecule has 2 fully saturated rings. The van der Waals surface area contributed by atoms with Gasteiger partial charge in [-0.25, -0.2) is 9.18 Å². The van der Waals surface area contributed by atoms with Crippen molar-refractivity contribution < 1.29 is 13.9 Å². The van der Waals surface area contributed by atoms with E-state index in [9.17, 15) is 9.18 Å². The molecular weight excluding hydrogens is 353 g/mol. The van der Waals surface area contributed by atoms with Crippen molar-refractivity contribution in [2.75, 3.05) is 7.11 Å². The molecule has 5 rings (SSSR count). The molecule has 0 amide bonds. The molecule has 3 nitrogen and oxygen atoms in total. The highest BCUT2D eigenvalue weighted by Crippen LogP contribution is 2.50. The Labute approximate surface area is 163 Å². The number of aromatic nitrogens is 1. The van der Waals surface area contributed by atoms with Crippen LogP contribution in [0.4, 0.5) is 4.39 Å². The summed E-state index contributed by atoms with van der Waals surface area (Å²) in [5, 5.41) is 1.23. The van der Waals surface area contributed by atoms with Crippen molar-refractivity contribution in [3.8, 4) is 0 Å². The minimum absolute atomic E-state index is 0.00459. The molecule has 1 N–H and O–H groups in total. The number of esters is 1. The molecule has 144 valence electrons. The summed E-state index contributed by atoms with van der Waals surface area (Å²) in [5.41, 5.74) is 6.27. The van der Waals surface area contributed by atoms with E-state index in [4.69, 9.17) is 4.74 Å². The van der Waals surface area contributed by atoms with Gasteiger partial charge in [-0.15, -0.1) is 0 Å². The number of ether oxygens (including phenoxy) is 1. The van der Waals surface area contributed by atoms with Gasteiger partial charge < -0.3 is 9.72 Å². The first-order valence-corrected chi connectivity index (χ1v) is 10.0. The maximum Gasteiger partial charge on any atom is 0.340 e. The van der Waals surface area contributed by atoms with Crippen LogP contribution in [0.2, 0.25) is 0 Å². The minimum Gasteiger partial charge on any atom is -0.465 e. The second-order valence-corrected chi connectivity index (χ2v) is 8.60. The number of hydrogen-bond acceptors (Lipinski definition) is 2. The summed E-state index contributed by atoms with van der Waals surface area (Å²) in [7, 11) is 1.28.